The summed E-state index contributed by atoms with van der Waals surface area (Å²) in [6.07, 6.45) is 0. The van der Waals surface area contributed by atoms with Crippen LogP contribution in [0.1, 0.15) is 13.8 Å². The van der Waals surface area contributed by atoms with Gasteiger partial charge in [-0.15, -0.1) is 0 Å². The third kappa shape index (κ3) is 31.8. The fourth-order valence-electron chi connectivity index (χ4n) is 0.289. The van der Waals surface area contributed by atoms with Gasteiger partial charge in [0.25, 0.3) is 0 Å². The molecule has 0 atom stereocenters. The standard InChI is InChI=1S/2C3H7NS2.Ca/c2*1-2-4-3(5)6;/h2*2H2,1H3,(H2,4,5,6);/q;;+2/p-2. The Kier molecular flexibility index (Phi) is 24.5. The summed E-state index contributed by atoms with van der Waals surface area (Å²) in [4.78, 5) is 0. The maximum atomic E-state index is 4.50. The SMILES string of the molecule is CCNC(=S)[S-].CCNC(=S)[S-].[Ca+2]. The van der Waals surface area contributed by atoms with E-state index in [0.717, 1.165) is 13.1 Å². The van der Waals surface area contributed by atoms with Gasteiger partial charge in [-0.25, -0.2) is 0 Å². The van der Waals surface area contributed by atoms with Gasteiger partial charge >= 0.3 is 37.7 Å². The van der Waals surface area contributed by atoms with Crippen molar-refractivity contribution in [2.24, 2.45) is 0 Å². The fourth-order valence-corrected chi connectivity index (χ4v) is 0.866. The summed E-state index contributed by atoms with van der Waals surface area (Å²) in [5.74, 6) is 0. The van der Waals surface area contributed by atoms with Crippen LogP contribution in [-0.2, 0) is 25.3 Å². The van der Waals surface area contributed by atoms with E-state index in [1.165, 1.54) is 0 Å². The van der Waals surface area contributed by atoms with E-state index in [2.05, 4.69) is 60.3 Å². The summed E-state index contributed by atoms with van der Waals surface area (Å²) in [5.41, 5.74) is 0. The Morgan fingerprint density at radius 3 is 1.23 bits per heavy atom. The molecule has 7 heteroatoms. The van der Waals surface area contributed by atoms with Crippen LogP contribution in [0.4, 0.5) is 0 Å². The minimum Gasteiger partial charge on any atom is -0.412 e. The monoisotopic (exact) mass is 280 g/mol. The second-order valence-electron chi connectivity index (χ2n) is 1.64. The van der Waals surface area contributed by atoms with Crippen molar-refractivity contribution < 1.29 is 0 Å². The molecule has 0 rings (SSSR count). The predicted molar refractivity (Wildman–Crippen MR) is 73.0 cm³/mol. The first kappa shape index (κ1) is 20.0. The van der Waals surface area contributed by atoms with E-state index < -0.39 is 0 Å². The molecule has 0 radical (unpaired) electrons. The topological polar surface area (TPSA) is 24.1 Å². The van der Waals surface area contributed by atoms with Crippen LogP contribution in [0.25, 0.3) is 0 Å². The van der Waals surface area contributed by atoms with Gasteiger partial charge in [0, 0.05) is 13.1 Å². The molecule has 0 spiro atoms. The predicted octanol–water partition coefficient (Wildman–Crippen LogP) is 0.475. The number of rotatable bonds is 2. The van der Waals surface area contributed by atoms with Crippen molar-refractivity contribution in [3.8, 4) is 0 Å². The van der Waals surface area contributed by atoms with Crippen LogP contribution >= 0.6 is 24.4 Å². The minimum atomic E-state index is 0. The first-order valence-corrected chi connectivity index (χ1v) is 5.07. The molecule has 0 heterocycles. The molecule has 0 saturated carbocycles. The Morgan fingerprint density at radius 1 is 1.00 bits per heavy atom. The van der Waals surface area contributed by atoms with E-state index in [4.69, 9.17) is 0 Å². The van der Waals surface area contributed by atoms with Crippen LogP contribution in [0.3, 0.4) is 0 Å². The van der Waals surface area contributed by atoms with Crippen molar-refractivity contribution in [2.75, 3.05) is 13.1 Å². The molecular weight excluding hydrogens is 268 g/mol. The van der Waals surface area contributed by atoms with Crippen molar-refractivity contribution in [3.05, 3.63) is 0 Å². The molecule has 0 aliphatic rings. The van der Waals surface area contributed by atoms with Gasteiger partial charge in [0.2, 0.25) is 0 Å². The quantitative estimate of drug-likeness (QED) is 0.433. The molecule has 0 fully saturated rings. The Hall–Kier alpha value is 1.48. The molecule has 0 aromatic rings. The van der Waals surface area contributed by atoms with Crippen LogP contribution in [0, 0.1) is 0 Å². The first-order valence-electron chi connectivity index (χ1n) is 3.44. The van der Waals surface area contributed by atoms with Crippen LogP contribution in [0.2, 0.25) is 0 Å². The van der Waals surface area contributed by atoms with Gasteiger partial charge in [-0.05, 0) is 13.8 Å². The number of hydrogen-bond acceptors (Lipinski definition) is 4. The molecule has 0 aliphatic carbocycles. The molecule has 2 N–H and O–H groups in total. The summed E-state index contributed by atoms with van der Waals surface area (Å²) >= 11 is 18.0. The Bertz CT molecular complexity index is 127. The Balaban J connectivity index is -0.000000143. The molecule has 0 saturated heterocycles. The van der Waals surface area contributed by atoms with Crippen molar-refractivity contribution in [3.63, 3.8) is 0 Å². The summed E-state index contributed by atoms with van der Waals surface area (Å²) in [7, 11) is 0. The maximum absolute atomic E-state index is 4.50. The second-order valence-corrected chi connectivity index (χ2v) is 3.79. The second kappa shape index (κ2) is 15.9. The van der Waals surface area contributed by atoms with Gasteiger partial charge in [-0.1, -0.05) is 8.64 Å². The van der Waals surface area contributed by atoms with E-state index >= 15 is 0 Å². The Labute approximate surface area is 132 Å². The third-order valence-electron chi connectivity index (χ3n) is 0.642. The molecule has 0 aromatic carbocycles. The van der Waals surface area contributed by atoms with Crippen molar-refractivity contribution in [2.45, 2.75) is 13.8 Å². The van der Waals surface area contributed by atoms with Crippen LogP contribution in [-0.4, -0.2) is 59.5 Å². The third-order valence-corrected chi connectivity index (χ3v) is 1.22. The molecule has 0 aliphatic heterocycles. The van der Waals surface area contributed by atoms with E-state index in [-0.39, 0.29) is 37.7 Å². The van der Waals surface area contributed by atoms with E-state index in [1.807, 2.05) is 13.8 Å². The number of nitrogens with one attached hydrogen (secondary N) is 2. The van der Waals surface area contributed by atoms with Crippen LogP contribution in [0.5, 0.6) is 0 Å². The summed E-state index contributed by atoms with van der Waals surface area (Å²) in [5, 5.41) is 5.51. The van der Waals surface area contributed by atoms with E-state index in [1.54, 1.807) is 0 Å². The van der Waals surface area contributed by atoms with Gasteiger partial charge < -0.3 is 60.3 Å². The van der Waals surface area contributed by atoms with Gasteiger partial charge in [-0.2, -0.15) is 0 Å². The minimum absolute atomic E-state index is 0. The maximum Gasteiger partial charge on any atom is 2.00 e. The smallest absolute Gasteiger partial charge is 0.412 e. The van der Waals surface area contributed by atoms with Gasteiger partial charge in [0.05, 0.1) is 0 Å². The van der Waals surface area contributed by atoms with Gasteiger partial charge in [0.1, 0.15) is 0 Å². The normalized spacial score (nSPS) is 6.92. The van der Waals surface area contributed by atoms with Crippen molar-refractivity contribution >= 4 is 96.1 Å². The number of thiocarbonyl (C=S) groups is 2. The molecule has 0 unspecified atom stereocenters. The molecule has 0 bridgehead atoms. The van der Waals surface area contributed by atoms with E-state index in [0.29, 0.717) is 8.64 Å². The summed E-state index contributed by atoms with van der Waals surface area (Å²) in [6.45, 7) is 5.59. The van der Waals surface area contributed by atoms with E-state index in [9.17, 15) is 0 Å². The van der Waals surface area contributed by atoms with Crippen LogP contribution < -0.4 is 10.6 Å². The zero-order valence-electron chi connectivity index (χ0n) is 7.75. The zero-order valence-corrected chi connectivity index (χ0v) is 13.2. The van der Waals surface area contributed by atoms with Crippen LogP contribution in [0.15, 0.2) is 0 Å². The molecular formula is C6H12CaN2S4. The molecule has 0 amide bonds. The average Bonchev–Trinajstić information content (AvgIpc) is 1.87. The van der Waals surface area contributed by atoms with Crippen molar-refractivity contribution in [1.29, 1.82) is 0 Å². The summed E-state index contributed by atoms with van der Waals surface area (Å²) in [6, 6.07) is 0. The first-order chi connectivity index (χ1) is 5.54. The van der Waals surface area contributed by atoms with Crippen molar-refractivity contribution in [1.82, 2.24) is 10.6 Å². The zero-order chi connectivity index (χ0) is 9.98. The van der Waals surface area contributed by atoms with Gasteiger partial charge in [-0.3, -0.25) is 0 Å². The molecule has 0 aromatic heterocycles. The Morgan fingerprint density at radius 2 is 1.23 bits per heavy atom. The summed E-state index contributed by atoms with van der Waals surface area (Å²) < 4.78 is 0.912. The average molecular weight is 281 g/mol. The number of hydrogen-bond donors (Lipinski definition) is 2. The molecule has 13 heavy (non-hydrogen) atoms. The fraction of sp³-hybridized carbons (Fsp3) is 0.667. The van der Waals surface area contributed by atoms with Gasteiger partial charge in [0.15, 0.2) is 0 Å². The molecule has 2 nitrogen and oxygen atoms in total. The molecule has 72 valence electrons. The largest absolute Gasteiger partial charge is 2.00 e.